The van der Waals surface area contributed by atoms with Crippen LogP contribution in [0.25, 0.3) is 0 Å². The van der Waals surface area contributed by atoms with Crippen LogP contribution >= 0.6 is 34.8 Å². The van der Waals surface area contributed by atoms with Crippen molar-refractivity contribution in [1.29, 1.82) is 0 Å². The van der Waals surface area contributed by atoms with Crippen molar-refractivity contribution in [2.45, 2.75) is 44.2 Å². The Hall–Kier alpha value is -1.84. The number of nitrogens with one attached hydrogen (secondary N) is 1. The topological polar surface area (TPSA) is 86.8 Å². The third-order valence-corrected chi connectivity index (χ3v) is 7.98. The van der Waals surface area contributed by atoms with Crippen molar-refractivity contribution in [2.24, 2.45) is 0 Å². The van der Waals surface area contributed by atoms with Crippen molar-refractivity contribution in [3.8, 4) is 0 Å². The molecule has 2 amide bonds. The summed E-state index contributed by atoms with van der Waals surface area (Å²) in [6, 6.07) is 9.78. The quantitative estimate of drug-likeness (QED) is 0.445. The van der Waals surface area contributed by atoms with Gasteiger partial charge in [0, 0.05) is 40.8 Å². The molecule has 0 fully saturated rings. The Morgan fingerprint density at radius 1 is 1.00 bits per heavy atom. The van der Waals surface area contributed by atoms with Crippen LogP contribution in [0.1, 0.15) is 32.3 Å². The van der Waals surface area contributed by atoms with Gasteiger partial charge in [0.15, 0.2) is 0 Å². The minimum Gasteiger partial charge on any atom is -0.354 e. The molecular formula is C23H28Cl3N3O4S. The lowest BCUT2D eigenvalue weighted by Gasteiger charge is -2.32. The number of hydrogen-bond donors (Lipinski definition) is 1. The summed E-state index contributed by atoms with van der Waals surface area (Å²) in [5, 5.41) is 3.89. The van der Waals surface area contributed by atoms with Gasteiger partial charge in [-0.15, -0.1) is 0 Å². The summed E-state index contributed by atoms with van der Waals surface area (Å²) >= 11 is 18.5. The number of hydrogen-bond acceptors (Lipinski definition) is 4. The number of likely N-dealkylation sites (N-methyl/N-ethyl adjacent to an activating group) is 1. The minimum absolute atomic E-state index is 0.000582. The largest absolute Gasteiger partial charge is 0.354 e. The predicted octanol–water partition coefficient (Wildman–Crippen LogP) is 4.60. The van der Waals surface area contributed by atoms with E-state index in [2.05, 4.69) is 5.32 Å². The molecule has 2 aromatic carbocycles. The Morgan fingerprint density at radius 3 is 2.12 bits per heavy atom. The number of nitrogens with zero attached hydrogens (tertiary/aromatic N) is 2. The number of amides is 2. The van der Waals surface area contributed by atoms with Gasteiger partial charge in [-0.1, -0.05) is 54.7 Å². The Morgan fingerprint density at radius 2 is 1.59 bits per heavy atom. The van der Waals surface area contributed by atoms with Gasteiger partial charge < -0.3 is 10.2 Å². The highest BCUT2D eigenvalue weighted by atomic mass is 35.5. The number of carbonyl (C=O) groups excluding carboxylic acids is 2. The van der Waals surface area contributed by atoms with Gasteiger partial charge in [0.2, 0.25) is 21.8 Å². The number of carbonyl (C=O) groups is 2. The molecule has 2 rings (SSSR count). The number of sulfonamides is 1. The van der Waals surface area contributed by atoms with E-state index in [-0.39, 0.29) is 17.3 Å². The van der Waals surface area contributed by atoms with Crippen LogP contribution in [0.5, 0.6) is 0 Å². The molecule has 0 saturated carbocycles. The van der Waals surface area contributed by atoms with Crippen LogP contribution in [-0.2, 0) is 26.2 Å². The summed E-state index contributed by atoms with van der Waals surface area (Å²) in [5.41, 5.74) is 0.476. The Labute approximate surface area is 216 Å². The van der Waals surface area contributed by atoms with Crippen molar-refractivity contribution >= 4 is 56.6 Å². The van der Waals surface area contributed by atoms with Gasteiger partial charge >= 0.3 is 0 Å². The average molecular weight is 549 g/mol. The van der Waals surface area contributed by atoms with Crippen molar-refractivity contribution < 1.29 is 18.0 Å². The maximum absolute atomic E-state index is 13.4. The molecule has 186 valence electrons. The van der Waals surface area contributed by atoms with E-state index in [0.717, 1.165) is 10.7 Å². The van der Waals surface area contributed by atoms with Gasteiger partial charge in [0.1, 0.15) is 6.04 Å². The monoisotopic (exact) mass is 547 g/mol. The molecule has 2 aromatic rings. The van der Waals surface area contributed by atoms with E-state index in [1.54, 1.807) is 25.1 Å². The lowest BCUT2D eigenvalue weighted by molar-refractivity contribution is -0.141. The van der Waals surface area contributed by atoms with E-state index in [0.29, 0.717) is 33.6 Å². The van der Waals surface area contributed by atoms with Gasteiger partial charge in [0.25, 0.3) is 0 Å². The molecule has 1 unspecified atom stereocenters. The van der Waals surface area contributed by atoms with E-state index >= 15 is 0 Å². The molecule has 34 heavy (non-hydrogen) atoms. The Bertz CT molecular complexity index is 1090. The molecule has 0 aromatic heterocycles. The van der Waals surface area contributed by atoms with Gasteiger partial charge in [-0.2, -0.15) is 4.31 Å². The van der Waals surface area contributed by atoms with Crippen molar-refractivity contribution in [1.82, 2.24) is 14.5 Å². The molecule has 0 aliphatic carbocycles. The third-order valence-electron chi connectivity index (χ3n) is 5.21. The lowest BCUT2D eigenvalue weighted by atomic mass is 10.1. The van der Waals surface area contributed by atoms with Crippen LogP contribution < -0.4 is 5.32 Å². The summed E-state index contributed by atoms with van der Waals surface area (Å²) < 4.78 is 26.9. The first-order valence-corrected chi connectivity index (χ1v) is 13.3. The maximum Gasteiger partial charge on any atom is 0.243 e. The van der Waals surface area contributed by atoms with Crippen LogP contribution in [0.3, 0.4) is 0 Å². The van der Waals surface area contributed by atoms with Gasteiger partial charge in [-0.25, -0.2) is 8.42 Å². The zero-order valence-corrected chi connectivity index (χ0v) is 22.3. The van der Waals surface area contributed by atoms with Gasteiger partial charge in [-0.05, 0) is 49.2 Å². The molecule has 0 radical (unpaired) electrons. The van der Waals surface area contributed by atoms with E-state index in [4.69, 9.17) is 34.8 Å². The van der Waals surface area contributed by atoms with Crippen LogP contribution in [0, 0.1) is 0 Å². The van der Waals surface area contributed by atoms with Crippen LogP contribution in [0.4, 0.5) is 0 Å². The van der Waals surface area contributed by atoms with E-state index in [1.165, 1.54) is 36.2 Å². The molecule has 1 atom stereocenters. The highest BCUT2D eigenvalue weighted by Gasteiger charge is 2.32. The highest BCUT2D eigenvalue weighted by Crippen LogP contribution is 2.27. The molecule has 0 heterocycles. The summed E-state index contributed by atoms with van der Waals surface area (Å²) in [6.45, 7) is 3.62. The molecular weight excluding hydrogens is 521 g/mol. The molecule has 0 aliphatic heterocycles. The van der Waals surface area contributed by atoms with E-state index < -0.39 is 28.5 Å². The summed E-state index contributed by atoms with van der Waals surface area (Å²) in [4.78, 5) is 27.6. The van der Waals surface area contributed by atoms with Crippen molar-refractivity contribution in [3.63, 3.8) is 0 Å². The molecule has 0 saturated heterocycles. The number of halogens is 3. The molecule has 7 nitrogen and oxygen atoms in total. The average Bonchev–Trinajstić information content (AvgIpc) is 2.79. The van der Waals surface area contributed by atoms with Crippen LogP contribution in [0.15, 0.2) is 47.4 Å². The molecule has 0 aliphatic rings. The number of rotatable bonds is 11. The summed E-state index contributed by atoms with van der Waals surface area (Å²) in [5.74, 6) is -0.890. The summed E-state index contributed by atoms with van der Waals surface area (Å²) in [7, 11) is -2.66. The zero-order valence-electron chi connectivity index (χ0n) is 19.2. The maximum atomic E-state index is 13.4. The first-order valence-electron chi connectivity index (χ1n) is 10.7. The summed E-state index contributed by atoms with van der Waals surface area (Å²) in [6.07, 6.45) is 1.05. The minimum atomic E-state index is -3.97. The van der Waals surface area contributed by atoms with Gasteiger partial charge in [-0.3, -0.25) is 9.59 Å². The molecule has 11 heteroatoms. The first-order chi connectivity index (χ1) is 16.0. The smallest absolute Gasteiger partial charge is 0.243 e. The second kappa shape index (κ2) is 12.7. The second-order valence-corrected chi connectivity index (χ2v) is 10.9. The fourth-order valence-electron chi connectivity index (χ4n) is 3.29. The second-order valence-electron chi connectivity index (χ2n) is 7.65. The number of benzene rings is 2. The van der Waals surface area contributed by atoms with Crippen molar-refractivity contribution in [2.75, 3.05) is 20.1 Å². The highest BCUT2D eigenvalue weighted by molar-refractivity contribution is 7.89. The Kier molecular flexibility index (Phi) is 10.6. The normalized spacial score (nSPS) is 12.4. The van der Waals surface area contributed by atoms with E-state index in [9.17, 15) is 18.0 Å². The van der Waals surface area contributed by atoms with Crippen molar-refractivity contribution in [3.05, 3.63) is 63.1 Å². The standard InChI is InChI=1S/C23H28Cl3N3O4S/c1-4-13-27-23(31)21(5-2)29(14-18-19(25)7-6-8-20(18)26)22(30)15-28(3)34(32,33)17-11-9-16(24)10-12-17/h6-12,21H,4-5,13-15H2,1-3H3,(H,27,31). The first kappa shape index (κ1) is 28.4. The van der Waals surface area contributed by atoms with E-state index in [1.807, 2.05) is 6.92 Å². The van der Waals surface area contributed by atoms with Gasteiger partial charge in [0.05, 0.1) is 11.4 Å². The zero-order chi connectivity index (χ0) is 25.5. The van der Waals surface area contributed by atoms with Crippen LogP contribution in [0.2, 0.25) is 15.1 Å². The molecule has 0 bridgehead atoms. The molecule has 1 N–H and O–H groups in total. The molecule has 0 spiro atoms. The lowest BCUT2D eigenvalue weighted by Crippen LogP contribution is -2.51. The van der Waals surface area contributed by atoms with Crippen LogP contribution in [-0.4, -0.2) is 55.6 Å². The Balaban J connectivity index is 2.37. The predicted molar refractivity (Wildman–Crippen MR) is 136 cm³/mol. The fraction of sp³-hybridized carbons (Fsp3) is 0.391. The fourth-order valence-corrected chi connectivity index (χ4v) is 5.06. The SMILES string of the molecule is CCCNC(=O)C(CC)N(Cc1c(Cl)cccc1Cl)C(=O)CN(C)S(=O)(=O)c1ccc(Cl)cc1. The third kappa shape index (κ3) is 7.09.